The lowest BCUT2D eigenvalue weighted by molar-refractivity contribution is 0.336. The molecule has 1 aromatic rings. The second kappa shape index (κ2) is 3.97. The molecule has 0 spiro atoms. The summed E-state index contributed by atoms with van der Waals surface area (Å²) in [4.78, 5) is 0. The Bertz CT molecular complexity index is 335. The van der Waals surface area contributed by atoms with Crippen LogP contribution in [-0.2, 0) is 5.41 Å². The predicted octanol–water partition coefficient (Wildman–Crippen LogP) is 2.88. The van der Waals surface area contributed by atoms with Gasteiger partial charge in [-0.15, -0.1) is 0 Å². The van der Waals surface area contributed by atoms with Crippen molar-refractivity contribution in [1.29, 1.82) is 0 Å². The van der Waals surface area contributed by atoms with Gasteiger partial charge in [-0.2, -0.15) is 0 Å². The Labute approximate surface area is 92.9 Å². The maximum Gasteiger partial charge on any atom is 0.0113 e. The van der Waals surface area contributed by atoms with E-state index in [1.165, 1.54) is 17.5 Å². The Morgan fingerprint density at radius 1 is 1.33 bits per heavy atom. The molecule has 0 saturated carbocycles. The van der Waals surface area contributed by atoms with E-state index in [4.69, 9.17) is 0 Å². The highest BCUT2D eigenvalue weighted by Crippen LogP contribution is 2.38. The van der Waals surface area contributed by atoms with Gasteiger partial charge in [-0.1, -0.05) is 43.7 Å². The smallest absolute Gasteiger partial charge is 0.0113 e. The van der Waals surface area contributed by atoms with Crippen LogP contribution in [0, 0.1) is 12.8 Å². The highest BCUT2D eigenvalue weighted by Gasteiger charge is 2.38. The molecule has 0 aliphatic carbocycles. The van der Waals surface area contributed by atoms with Crippen LogP contribution in [0.3, 0.4) is 0 Å². The molecule has 1 unspecified atom stereocenters. The maximum atomic E-state index is 3.51. The monoisotopic (exact) mass is 203 g/mol. The summed E-state index contributed by atoms with van der Waals surface area (Å²) in [6.07, 6.45) is 1.27. The molecule has 1 atom stereocenters. The summed E-state index contributed by atoms with van der Waals surface area (Å²) in [6.45, 7) is 9.16. The second-order valence-electron chi connectivity index (χ2n) is 5.11. The molecule has 0 radical (unpaired) electrons. The first-order valence-electron chi connectivity index (χ1n) is 5.93. The summed E-state index contributed by atoms with van der Waals surface area (Å²) in [6, 6.07) is 9.01. The van der Waals surface area contributed by atoms with Crippen molar-refractivity contribution in [3.05, 3.63) is 35.4 Å². The third-order valence-electron chi connectivity index (χ3n) is 3.89. The average Bonchev–Trinajstić information content (AvgIpc) is 2.67. The van der Waals surface area contributed by atoms with E-state index in [0.29, 0.717) is 11.3 Å². The van der Waals surface area contributed by atoms with Gasteiger partial charge in [0, 0.05) is 12.0 Å². The molecular weight excluding hydrogens is 182 g/mol. The van der Waals surface area contributed by atoms with Gasteiger partial charge in [-0.05, 0) is 31.4 Å². The summed E-state index contributed by atoms with van der Waals surface area (Å²) in [5.41, 5.74) is 3.26. The standard InChI is InChI=1S/C14H21N/c1-11(2)14(7-8-15-10-14)13-6-4-5-12(3)9-13/h4-6,9,11,15H,7-8,10H2,1-3H3. The molecule has 1 N–H and O–H groups in total. The van der Waals surface area contributed by atoms with E-state index >= 15 is 0 Å². The Hall–Kier alpha value is -0.820. The quantitative estimate of drug-likeness (QED) is 0.779. The van der Waals surface area contributed by atoms with Crippen LogP contribution in [0.25, 0.3) is 0 Å². The summed E-state index contributed by atoms with van der Waals surface area (Å²) in [7, 11) is 0. The summed E-state index contributed by atoms with van der Waals surface area (Å²) >= 11 is 0. The van der Waals surface area contributed by atoms with Crippen LogP contribution in [0.2, 0.25) is 0 Å². The molecule has 1 fully saturated rings. The fourth-order valence-electron chi connectivity index (χ4n) is 2.74. The van der Waals surface area contributed by atoms with Gasteiger partial charge in [-0.25, -0.2) is 0 Å². The molecule has 1 aliphatic rings. The number of benzene rings is 1. The fourth-order valence-corrected chi connectivity index (χ4v) is 2.74. The van der Waals surface area contributed by atoms with Gasteiger partial charge in [0.15, 0.2) is 0 Å². The van der Waals surface area contributed by atoms with Crippen LogP contribution < -0.4 is 5.32 Å². The van der Waals surface area contributed by atoms with Gasteiger partial charge < -0.3 is 5.32 Å². The van der Waals surface area contributed by atoms with Crippen molar-refractivity contribution < 1.29 is 0 Å². The first kappa shape index (κ1) is 10.7. The van der Waals surface area contributed by atoms with Crippen LogP contribution in [0.4, 0.5) is 0 Å². The van der Waals surface area contributed by atoms with Crippen molar-refractivity contribution in [3.63, 3.8) is 0 Å². The number of hydrogen-bond acceptors (Lipinski definition) is 1. The minimum Gasteiger partial charge on any atom is -0.316 e. The minimum atomic E-state index is 0.367. The Kier molecular flexibility index (Phi) is 2.83. The number of rotatable bonds is 2. The van der Waals surface area contributed by atoms with Crippen molar-refractivity contribution in [1.82, 2.24) is 5.32 Å². The molecule has 15 heavy (non-hydrogen) atoms. The summed E-state index contributed by atoms with van der Waals surface area (Å²) in [5, 5.41) is 3.51. The van der Waals surface area contributed by atoms with E-state index in [-0.39, 0.29) is 0 Å². The van der Waals surface area contributed by atoms with Crippen molar-refractivity contribution in [3.8, 4) is 0 Å². The molecule has 1 aromatic carbocycles. The van der Waals surface area contributed by atoms with Gasteiger partial charge in [0.2, 0.25) is 0 Å². The molecule has 82 valence electrons. The van der Waals surface area contributed by atoms with Crippen LogP contribution in [0.15, 0.2) is 24.3 Å². The molecule has 1 heteroatoms. The van der Waals surface area contributed by atoms with E-state index in [0.717, 1.165) is 13.1 Å². The highest BCUT2D eigenvalue weighted by atomic mass is 14.9. The molecule has 1 nitrogen and oxygen atoms in total. The third kappa shape index (κ3) is 1.81. The van der Waals surface area contributed by atoms with E-state index in [9.17, 15) is 0 Å². The first-order valence-corrected chi connectivity index (χ1v) is 5.93. The molecule has 1 heterocycles. The highest BCUT2D eigenvalue weighted by molar-refractivity contribution is 5.32. The van der Waals surface area contributed by atoms with Crippen molar-refractivity contribution in [2.24, 2.45) is 5.92 Å². The van der Waals surface area contributed by atoms with Gasteiger partial charge in [0.05, 0.1) is 0 Å². The molecular formula is C14H21N. The zero-order valence-electron chi connectivity index (χ0n) is 10.0. The Morgan fingerprint density at radius 2 is 2.13 bits per heavy atom. The zero-order chi connectivity index (χ0) is 10.9. The lowest BCUT2D eigenvalue weighted by atomic mass is 9.71. The molecule has 1 saturated heterocycles. The third-order valence-corrected chi connectivity index (χ3v) is 3.89. The van der Waals surface area contributed by atoms with Crippen molar-refractivity contribution in [2.45, 2.75) is 32.6 Å². The topological polar surface area (TPSA) is 12.0 Å². The number of nitrogens with one attached hydrogen (secondary N) is 1. The zero-order valence-corrected chi connectivity index (χ0v) is 10.0. The van der Waals surface area contributed by atoms with E-state index in [2.05, 4.69) is 50.4 Å². The molecule has 0 bridgehead atoms. The first-order chi connectivity index (χ1) is 7.15. The van der Waals surface area contributed by atoms with E-state index in [1.54, 1.807) is 0 Å². The van der Waals surface area contributed by atoms with Crippen LogP contribution >= 0.6 is 0 Å². The van der Waals surface area contributed by atoms with E-state index < -0.39 is 0 Å². The van der Waals surface area contributed by atoms with Gasteiger partial charge >= 0.3 is 0 Å². The van der Waals surface area contributed by atoms with Gasteiger partial charge in [0.25, 0.3) is 0 Å². The SMILES string of the molecule is Cc1cccc(C2(C(C)C)CCNC2)c1. The average molecular weight is 203 g/mol. The largest absolute Gasteiger partial charge is 0.316 e. The number of hydrogen-bond donors (Lipinski definition) is 1. The molecule has 1 aliphatic heterocycles. The maximum absolute atomic E-state index is 3.51. The van der Waals surface area contributed by atoms with E-state index in [1.807, 2.05) is 0 Å². The van der Waals surface area contributed by atoms with Crippen LogP contribution in [-0.4, -0.2) is 13.1 Å². The lowest BCUT2D eigenvalue weighted by Crippen LogP contribution is -2.34. The lowest BCUT2D eigenvalue weighted by Gasteiger charge is -2.33. The normalized spacial score (nSPS) is 26.1. The summed E-state index contributed by atoms with van der Waals surface area (Å²) < 4.78 is 0. The molecule has 0 amide bonds. The summed E-state index contributed by atoms with van der Waals surface area (Å²) in [5.74, 6) is 0.703. The van der Waals surface area contributed by atoms with Gasteiger partial charge in [-0.3, -0.25) is 0 Å². The molecule has 2 rings (SSSR count). The fraction of sp³-hybridized carbons (Fsp3) is 0.571. The predicted molar refractivity (Wildman–Crippen MR) is 65.2 cm³/mol. The Morgan fingerprint density at radius 3 is 2.67 bits per heavy atom. The molecule has 0 aromatic heterocycles. The van der Waals surface area contributed by atoms with Crippen LogP contribution in [0.1, 0.15) is 31.4 Å². The Balaban J connectivity index is 2.41. The van der Waals surface area contributed by atoms with Crippen molar-refractivity contribution >= 4 is 0 Å². The number of aryl methyl sites for hydroxylation is 1. The second-order valence-corrected chi connectivity index (χ2v) is 5.11. The van der Waals surface area contributed by atoms with Gasteiger partial charge in [0.1, 0.15) is 0 Å². The van der Waals surface area contributed by atoms with Crippen molar-refractivity contribution in [2.75, 3.05) is 13.1 Å². The van der Waals surface area contributed by atoms with Crippen LogP contribution in [0.5, 0.6) is 0 Å². The minimum absolute atomic E-state index is 0.367.